The number of aromatic amines is 1. The molecule has 0 aliphatic rings. The zero-order valence-corrected chi connectivity index (χ0v) is 13.6. The lowest BCUT2D eigenvalue weighted by atomic mass is 10.1. The number of fused-ring (bicyclic) bond motifs is 1. The van der Waals surface area contributed by atoms with Gasteiger partial charge in [0.25, 0.3) is 5.69 Å². The topological polar surface area (TPSA) is 80.2 Å². The van der Waals surface area contributed by atoms with Crippen LogP contribution in [0.4, 0.5) is 11.4 Å². The summed E-state index contributed by atoms with van der Waals surface area (Å²) in [6.07, 6.45) is 2.86. The van der Waals surface area contributed by atoms with Crippen molar-refractivity contribution in [1.82, 2.24) is 4.98 Å². The Hall–Kier alpha value is -3.02. The molecule has 0 saturated carbocycles. The summed E-state index contributed by atoms with van der Waals surface area (Å²) in [5, 5.41) is 15.3. The Balaban J connectivity index is 1.67. The third kappa shape index (κ3) is 3.17. The van der Waals surface area contributed by atoms with Gasteiger partial charge in [-0.1, -0.05) is 0 Å². The van der Waals surface area contributed by atoms with E-state index in [2.05, 4.69) is 16.4 Å². The normalized spacial score (nSPS) is 10.8. The quantitative estimate of drug-likeness (QED) is 0.529. The summed E-state index contributed by atoms with van der Waals surface area (Å²) in [6, 6.07) is 10.8. The van der Waals surface area contributed by atoms with Crippen LogP contribution in [0.15, 0.2) is 42.6 Å². The molecule has 0 radical (unpaired) electrons. The predicted octanol–water partition coefficient (Wildman–Crippen LogP) is 4.05. The second-order valence-electron chi connectivity index (χ2n) is 5.66. The number of nitro groups is 1. The van der Waals surface area contributed by atoms with Crippen molar-refractivity contribution in [2.75, 3.05) is 19.0 Å². The molecule has 1 heterocycles. The molecule has 3 rings (SSSR count). The van der Waals surface area contributed by atoms with Crippen molar-refractivity contribution in [2.45, 2.75) is 13.3 Å². The van der Waals surface area contributed by atoms with Gasteiger partial charge in [0.05, 0.1) is 12.0 Å². The first-order valence-electron chi connectivity index (χ1n) is 7.71. The number of methoxy groups -OCH3 is 1. The average molecular weight is 325 g/mol. The molecule has 0 aliphatic heterocycles. The van der Waals surface area contributed by atoms with Gasteiger partial charge in [-0.25, -0.2) is 0 Å². The Labute approximate surface area is 139 Å². The van der Waals surface area contributed by atoms with E-state index in [0.29, 0.717) is 0 Å². The number of benzene rings is 2. The van der Waals surface area contributed by atoms with Crippen LogP contribution in [-0.2, 0) is 6.42 Å². The van der Waals surface area contributed by atoms with Crippen LogP contribution in [0.3, 0.4) is 0 Å². The molecule has 6 heteroatoms. The first kappa shape index (κ1) is 15.9. The maximum absolute atomic E-state index is 10.8. The molecule has 3 aromatic rings. The van der Waals surface area contributed by atoms with Gasteiger partial charge in [0, 0.05) is 47.5 Å². The van der Waals surface area contributed by atoms with E-state index in [1.807, 2.05) is 25.3 Å². The number of non-ortho nitro benzene ring substituents is 1. The average Bonchev–Trinajstić information content (AvgIpc) is 2.98. The van der Waals surface area contributed by atoms with E-state index >= 15 is 0 Å². The van der Waals surface area contributed by atoms with Gasteiger partial charge in [0.2, 0.25) is 0 Å². The molecule has 0 spiro atoms. The Morgan fingerprint density at radius 3 is 2.79 bits per heavy atom. The molecule has 6 nitrogen and oxygen atoms in total. The molecule has 24 heavy (non-hydrogen) atoms. The van der Waals surface area contributed by atoms with Gasteiger partial charge in [-0.05, 0) is 42.7 Å². The highest BCUT2D eigenvalue weighted by Crippen LogP contribution is 2.24. The summed E-state index contributed by atoms with van der Waals surface area (Å²) in [6.45, 7) is 2.62. The third-order valence-corrected chi connectivity index (χ3v) is 4.11. The monoisotopic (exact) mass is 325 g/mol. The molecule has 0 atom stereocenters. The number of hydrogen-bond acceptors (Lipinski definition) is 4. The number of nitrogens with zero attached hydrogens (tertiary/aromatic N) is 1. The van der Waals surface area contributed by atoms with Crippen LogP contribution in [0.5, 0.6) is 5.75 Å². The molecule has 2 N–H and O–H groups in total. The number of hydrogen-bond donors (Lipinski definition) is 2. The minimum atomic E-state index is -0.378. The van der Waals surface area contributed by atoms with E-state index < -0.39 is 0 Å². The Bertz CT molecular complexity index is 886. The number of H-pyrrole nitrogens is 1. The summed E-state index contributed by atoms with van der Waals surface area (Å²) in [5.41, 5.74) is 4.18. The SMILES string of the molecule is COc1ccc2c(CCNc3ccc([N+](=O)[O-])cc3C)c[nH]c2c1. The molecule has 2 aromatic carbocycles. The van der Waals surface area contributed by atoms with Crippen LogP contribution in [0.2, 0.25) is 0 Å². The zero-order valence-electron chi connectivity index (χ0n) is 13.6. The number of aryl methyl sites for hydroxylation is 1. The third-order valence-electron chi connectivity index (χ3n) is 4.11. The summed E-state index contributed by atoms with van der Waals surface area (Å²) in [5.74, 6) is 0.829. The van der Waals surface area contributed by atoms with Crippen LogP contribution < -0.4 is 10.1 Å². The van der Waals surface area contributed by atoms with E-state index in [0.717, 1.165) is 35.5 Å². The summed E-state index contributed by atoms with van der Waals surface area (Å²) in [7, 11) is 1.65. The first-order chi connectivity index (χ1) is 11.6. The summed E-state index contributed by atoms with van der Waals surface area (Å²) in [4.78, 5) is 13.7. The molecule has 0 aliphatic carbocycles. The number of rotatable bonds is 6. The molecular weight excluding hydrogens is 306 g/mol. The van der Waals surface area contributed by atoms with Gasteiger partial charge in [-0.3, -0.25) is 10.1 Å². The lowest BCUT2D eigenvalue weighted by Gasteiger charge is -2.09. The Kier molecular flexibility index (Phi) is 4.37. The molecule has 0 saturated heterocycles. The largest absolute Gasteiger partial charge is 0.497 e. The lowest BCUT2D eigenvalue weighted by molar-refractivity contribution is -0.384. The summed E-state index contributed by atoms with van der Waals surface area (Å²) < 4.78 is 5.23. The molecular formula is C18H19N3O3. The number of ether oxygens (including phenoxy) is 1. The van der Waals surface area contributed by atoms with E-state index in [-0.39, 0.29) is 10.6 Å². The van der Waals surface area contributed by atoms with Crippen LogP contribution >= 0.6 is 0 Å². The van der Waals surface area contributed by atoms with Crippen molar-refractivity contribution in [1.29, 1.82) is 0 Å². The predicted molar refractivity (Wildman–Crippen MR) is 94.9 cm³/mol. The van der Waals surface area contributed by atoms with Crippen molar-refractivity contribution in [3.63, 3.8) is 0 Å². The van der Waals surface area contributed by atoms with Crippen molar-refractivity contribution in [3.8, 4) is 5.75 Å². The molecule has 0 bridgehead atoms. The zero-order chi connectivity index (χ0) is 17.1. The lowest BCUT2D eigenvalue weighted by Crippen LogP contribution is -2.06. The second-order valence-corrected chi connectivity index (χ2v) is 5.66. The number of aromatic nitrogens is 1. The van der Waals surface area contributed by atoms with E-state index in [1.54, 1.807) is 19.2 Å². The van der Waals surface area contributed by atoms with Gasteiger partial charge >= 0.3 is 0 Å². The smallest absolute Gasteiger partial charge is 0.269 e. The number of anilines is 1. The van der Waals surface area contributed by atoms with Crippen molar-refractivity contribution in [2.24, 2.45) is 0 Å². The van der Waals surface area contributed by atoms with E-state index in [1.165, 1.54) is 17.0 Å². The van der Waals surface area contributed by atoms with Crippen molar-refractivity contribution >= 4 is 22.3 Å². The van der Waals surface area contributed by atoms with Gasteiger partial charge in [0.1, 0.15) is 5.75 Å². The highest BCUT2D eigenvalue weighted by molar-refractivity contribution is 5.84. The maximum atomic E-state index is 10.8. The van der Waals surface area contributed by atoms with Gasteiger partial charge in [-0.2, -0.15) is 0 Å². The van der Waals surface area contributed by atoms with Crippen LogP contribution in [-0.4, -0.2) is 23.6 Å². The first-order valence-corrected chi connectivity index (χ1v) is 7.71. The van der Waals surface area contributed by atoms with Crippen LogP contribution in [0.25, 0.3) is 10.9 Å². The fourth-order valence-electron chi connectivity index (χ4n) is 2.79. The van der Waals surface area contributed by atoms with E-state index in [9.17, 15) is 10.1 Å². The standard InChI is InChI=1S/C18H19N3O3/c1-12-9-14(21(22)23)3-6-17(12)19-8-7-13-11-20-18-10-15(24-2)4-5-16(13)18/h3-6,9-11,19-20H,7-8H2,1-2H3. The molecule has 0 unspecified atom stereocenters. The minimum absolute atomic E-state index is 0.114. The number of nitrogens with one attached hydrogen (secondary N) is 2. The molecule has 1 aromatic heterocycles. The number of nitro benzene ring substituents is 1. The van der Waals surface area contributed by atoms with Crippen LogP contribution in [0.1, 0.15) is 11.1 Å². The minimum Gasteiger partial charge on any atom is -0.497 e. The van der Waals surface area contributed by atoms with Crippen LogP contribution in [0, 0.1) is 17.0 Å². The van der Waals surface area contributed by atoms with Crippen molar-refractivity contribution < 1.29 is 9.66 Å². The molecule has 0 amide bonds. The maximum Gasteiger partial charge on any atom is 0.269 e. The molecule has 0 fully saturated rings. The highest BCUT2D eigenvalue weighted by Gasteiger charge is 2.08. The fraction of sp³-hybridized carbons (Fsp3) is 0.222. The van der Waals surface area contributed by atoms with Crippen molar-refractivity contribution in [3.05, 3.63) is 63.8 Å². The molecule has 124 valence electrons. The Morgan fingerprint density at radius 1 is 1.25 bits per heavy atom. The summed E-state index contributed by atoms with van der Waals surface area (Å²) >= 11 is 0. The fourth-order valence-corrected chi connectivity index (χ4v) is 2.79. The van der Waals surface area contributed by atoms with E-state index in [4.69, 9.17) is 4.74 Å². The van der Waals surface area contributed by atoms with Gasteiger partial charge in [-0.15, -0.1) is 0 Å². The second kappa shape index (κ2) is 6.62. The van der Waals surface area contributed by atoms with Gasteiger partial charge in [0.15, 0.2) is 0 Å². The Morgan fingerprint density at radius 2 is 2.08 bits per heavy atom. The highest BCUT2D eigenvalue weighted by atomic mass is 16.6. The van der Waals surface area contributed by atoms with Gasteiger partial charge < -0.3 is 15.0 Å².